The molecule has 1 unspecified atom stereocenters. The number of rotatable bonds is 3. The number of aliphatic hydroxyl groups is 2. The molecule has 2 N–H and O–H groups in total. The van der Waals surface area contributed by atoms with Crippen molar-refractivity contribution in [1.29, 1.82) is 0 Å². The van der Waals surface area contributed by atoms with E-state index in [1.807, 2.05) is 0 Å². The smallest absolute Gasteiger partial charge is 0.253 e. The zero-order chi connectivity index (χ0) is 14.4. The van der Waals surface area contributed by atoms with E-state index < -0.39 is 11.9 Å². The number of aliphatic hydroxyl groups excluding tert-OH is 2. The Morgan fingerprint density at radius 3 is 2.74 bits per heavy atom. The van der Waals surface area contributed by atoms with Gasteiger partial charge in [-0.15, -0.1) is 0 Å². The predicted molar refractivity (Wildman–Crippen MR) is 69.0 cm³/mol. The minimum Gasteiger partial charge on any atom is -0.392 e. The van der Waals surface area contributed by atoms with Crippen LogP contribution in [0.2, 0.25) is 0 Å². The number of carbonyl (C=O) groups is 1. The molecule has 5 heteroatoms. The summed E-state index contributed by atoms with van der Waals surface area (Å²) < 4.78 is 13.7. The van der Waals surface area contributed by atoms with Crippen LogP contribution in [-0.2, 0) is 0 Å². The van der Waals surface area contributed by atoms with E-state index >= 15 is 0 Å². The van der Waals surface area contributed by atoms with Crippen LogP contribution < -0.4 is 0 Å². The second kappa shape index (κ2) is 6.88. The van der Waals surface area contributed by atoms with E-state index in [-0.39, 0.29) is 30.2 Å². The molecule has 1 rings (SSSR count). The van der Waals surface area contributed by atoms with Crippen molar-refractivity contribution in [3.63, 3.8) is 0 Å². The first kappa shape index (κ1) is 15.2. The third-order valence-corrected chi connectivity index (χ3v) is 2.40. The van der Waals surface area contributed by atoms with Crippen LogP contribution >= 0.6 is 0 Å². The van der Waals surface area contributed by atoms with Crippen molar-refractivity contribution in [1.82, 2.24) is 4.90 Å². The highest BCUT2D eigenvalue weighted by Crippen LogP contribution is 2.11. The van der Waals surface area contributed by atoms with Gasteiger partial charge >= 0.3 is 0 Å². The fourth-order valence-electron chi connectivity index (χ4n) is 1.58. The van der Waals surface area contributed by atoms with Crippen molar-refractivity contribution in [2.24, 2.45) is 0 Å². The molecule has 102 valence electrons. The Kier molecular flexibility index (Phi) is 5.49. The molecule has 0 aliphatic heterocycles. The van der Waals surface area contributed by atoms with Gasteiger partial charge in [0.05, 0.1) is 11.7 Å². The van der Waals surface area contributed by atoms with Crippen LogP contribution in [0.5, 0.6) is 0 Å². The van der Waals surface area contributed by atoms with E-state index in [0.717, 1.165) is 6.07 Å². The van der Waals surface area contributed by atoms with Crippen molar-refractivity contribution >= 4 is 5.91 Å². The van der Waals surface area contributed by atoms with E-state index in [9.17, 15) is 14.3 Å². The van der Waals surface area contributed by atoms with Gasteiger partial charge in [0.1, 0.15) is 12.4 Å². The number of benzene rings is 1. The van der Waals surface area contributed by atoms with Crippen LogP contribution in [0.4, 0.5) is 4.39 Å². The van der Waals surface area contributed by atoms with Crippen molar-refractivity contribution in [3.05, 3.63) is 35.1 Å². The molecule has 19 heavy (non-hydrogen) atoms. The Morgan fingerprint density at radius 2 is 2.21 bits per heavy atom. The number of amides is 1. The highest BCUT2D eigenvalue weighted by molar-refractivity contribution is 5.94. The molecule has 1 amide bonds. The van der Waals surface area contributed by atoms with Crippen LogP contribution in [0.15, 0.2) is 18.2 Å². The second-order valence-electron chi connectivity index (χ2n) is 4.19. The molecule has 4 nitrogen and oxygen atoms in total. The summed E-state index contributed by atoms with van der Waals surface area (Å²) in [5, 5.41) is 17.7. The van der Waals surface area contributed by atoms with Crippen molar-refractivity contribution in [2.75, 3.05) is 20.2 Å². The summed E-state index contributed by atoms with van der Waals surface area (Å²) in [4.78, 5) is 13.2. The van der Waals surface area contributed by atoms with E-state index in [1.165, 1.54) is 24.1 Å². The minimum absolute atomic E-state index is 0.128. The largest absolute Gasteiger partial charge is 0.392 e. The molecular weight excluding hydrogens is 249 g/mol. The molecule has 0 bridgehead atoms. The van der Waals surface area contributed by atoms with Gasteiger partial charge in [-0.05, 0) is 25.1 Å². The zero-order valence-corrected chi connectivity index (χ0v) is 10.9. The first-order valence-electron chi connectivity index (χ1n) is 5.78. The number of nitrogens with zero attached hydrogens (tertiary/aromatic N) is 1. The van der Waals surface area contributed by atoms with Crippen LogP contribution in [0.25, 0.3) is 0 Å². The van der Waals surface area contributed by atoms with Gasteiger partial charge in [0, 0.05) is 19.2 Å². The average Bonchev–Trinajstić information content (AvgIpc) is 2.35. The van der Waals surface area contributed by atoms with Crippen LogP contribution in [0, 0.1) is 17.7 Å². The Balaban J connectivity index is 2.91. The van der Waals surface area contributed by atoms with Gasteiger partial charge in [-0.3, -0.25) is 4.79 Å². The van der Waals surface area contributed by atoms with Gasteiger partial charge in [-0.2, -0.15) is 0 Å². The highest BCUT2D eigenvalue weighted by atomic mass is 19.1. The molecule has 1 atom stereocenters. The molecule has 0 fully saturated rings. The molecule has 1 aromatic carbocycles. The molecule has 0 spiro atoms. The van der Waals surface area contributed by atoms with Crippen molar-refractivity contribution < 1.29 is 19.4 Å². The van der Waals surface area contributed by atoms with Crippen molar-refractivity contribution in [2.45, 2.75) is 13.0 Å². The first-order valence-corrected chi connectivity index (χ1v) is 5.78. The molecule has 0 radical (unpaired) electrons. The molecule has 0 aliphatic rings. The zero-order valence-electron chi connectivity index (χ0n) is 10.9. The Hall–Kier alpha value is -1.90. The van der Waals surface area contributed by atoms with Gasteiger partial charge in [0.15, 0.2) is 0 Å². The van der Waals surface area contributed by atoms with E-state index in [0.29, 0.717) is 0 Å². The van der Waals surface area contributed by atoms with Gasteiger partial charge in [-0.25, -0.2) is 4.39 Å². The SMILES string of the molecule is CC(O)CN(C)C(=O)c1ccc(C#CCO)c(F)c1. The lowest BCUT2D eigenvalue weighted by Gasteiger charge is -2.18. The standard InChI is InChI=1S/C14H16FNO3/c1-10(18)9-16(2)14(19)12-6-5-11(4-3-7-17)13(15)8-12/h5-6,8,10,17-18H,7,9H2,1-2H3. The lowest BCUT2D eigenvalue weighted by Crippen LogP contribution is -2.33. The summed E-state index contributed by atoms with van der Waals surface area (Å²) in [5.41, 5.74) is 0.318. The molecule has 0 saturated heterocycles. The monoisotopic (exact) mass is 265 g/mol. The fraction of sp³-hybridized carbons (Fsp3) is 0.357. The molecule has 0 heterocycles. The summed E-state index contributed by atoms with van der Waals surface area (Å²) >= 11 is 0. The lowest BCUT2D eigenvalue weighted by molar-refractivity contribution is 0.0703. The van der Waals surface area contributed by atoms with E-state index in [4.69, 9.17) is 5.11 Å². The van der Waals surface area contributed by atoms with Crippen molar-refractivity contribution in [3.8, 4) is 11.8 Å². The number of hydrogen-bond acceptors (Lipinski definition) is 3. The fourth-order valence-corrected chi connectivity index (χ4v) is 1.58. The average molecular weight is 265 g/mol. The van der Waals surface area contributed by atoms with Crippen LogP contribution in [0.3, 0.4) is 0 Å². The minimum atomic E-state index is -0.645. The Bertz CT molecular complexity index is 517. The molecule has 1 aromatic rings. The maximum atomic E-state index is 13.7. The van der Waals surface area contributed by atoms with Crippen LogP contribution in [-0.4, -0.2) is 47.3 Å². The van der Waals surface area contributed by atoms with E-state index in [2.05, 4.69) is 11.8 Å². The number of halogens is 1. The Morgan fingerprint density at radius 1 is 1.53 bits per heavy atom. The number of carbonyl (C=O) groups excluding carboxylic acids is 1. The van der Waals surface area contributed by atoms with Gasteiger partial charge in [0.25, 0.3) is 5.91 Å². The predicted octanol–water partition coefficient (Wildman–Crippen LogP) is 0.622. The normalized spacial score (nSPS) is 11.4. The summed E-state index contributed by atoms with van der Waals surface area (Å²) in [6.07, 6.45) is -0.645. The third kappa shape index (κ3) is 4.36. The Labute approximate surface area is 111 Å². The maximum Gasteiger partial charge on any atom is 0.253 e. The maximum absolute atomic E-state index is 13.7. The number of likely N-dealkylation sites (N-methyl/N-ethyl adjacent to an activating group) is 1. The molecular formula is C14H16FNO3. The molecule has 0 aromatic heterocycles. The molecule has 0 aliphatic carbocycles. The summed E-state index contributed by atoms with van der Waals surface area (Å²) in [5.74, 6) is 3.80. The lowest BCUT2D eigenvalue weighted by atomic mass is 10.1. The van der Waals surface area contributed by atoms with Gasteiger partial charge in [-0.1, -0.05) is 11.8 Å². The van der Waals surface area contributed by atoms with E-state index in [1.54, 1.807) is 6.92 Å². The third-order valence-electron chi connectivity index (χ3n) is 2.40. The second-order valence-corrected chi connectivity index (χ2v) is 4.19. The van der Waals surface area contributed by atoms with Gasteiger partial charge in [0.2, 0.25) is 0 Å². The molecule has 0 saturated carbocycles. The summed E-state index contributed by atoms with van der Waals surface area (Å²) in [7, 11) is 1.53. The quantitative estimate of drug-likeness (QED) is 0.788. The van der Waals surface area contributed by atoms with Gasteiger partial charge < -0.3 is 15.1 Å². The topological polar surface area (TPSA) is 60.8 Å². The first-order chi connectivity index (χ1) is 8.95. The summed E-state index contributed by atoms with van der Waals surface area (Å²) in [6.45, 7) is 1.39. The summed E-state index contributed by atoms with van der Waals surface area (Å²) in [6, 6.07) is 3.95. The van der Waals surface area contributed by atoms with Crippen LogP contribution in [0.1, 0.15) is 22.8 Å². The number of hydrogen-bond donors (Lipinski definition) is 2. The highest BCUT2D eigenvalue weighted by Gasteiger charge is 2.14.